The number of aryl methyl sites for hydroxylation is 4. The third-order valence-corrected chi connectivity index (χ3v) is 6.31. The minimum Gasteiger partial charge on any atom is -0.126 e. The highest BCUT2D eigenvalue weighted by Crippen LogP contribution is 2.42. The lowest BCUT2D eigenvalue weighted by Crippen LogP contribution is -1.97. The van der Waals surface area contributed by atoms with Gasteiger partial charge in [0.2, 0.25) is 0 Å². The Labute approximate surface area is 176 Å². The smallest absolute Gasteiger partial charge is 0.0264 e. The number of halogens is 1. The summed E-state index contributed by atoms with van der Waals surface area (Å²) in [6, 6.07) is 11.7. The van der Waals surface area contributed by atoms with Gasteiger partial charge < -0.3 is 0 Å². The van der Waals surface area contributed by atoms with Crippen molar-refractivity contribution in [2.24, 2.45) is 0 Å². The molecule has 0 radical (unpaired) electrons. The fourth-order valence-corrected chi connectivity index (χ4v) is 4.67. The molecule has 0 saturated heterocycles. The average molecular weight is 393 g/mol. The molecular formula is C27H33Cl. The third-order valence-electron chi connectivity index (χ3n) is 6.12. The maximum absolute atomic E-state index is 6.24. The molecule has 0 amide bonds. The zero-order valence-corrected chi connectivity index (χ0v) is 18.8. The van der Waals surface area contributed by atoms with E-state index < -0.39 is 0 Å². The highest BCUT2D eigenvalue weighted by Gasteiger charge is 2.25. The Kier molecular flexibility index (Phi) is 6.83. The van der Waals surface area contributed by atoms with Crippen LogP contribution in [0.3, 0.4) is 0 Å². The monoisotopic (exact) mass is 392 g/mol. The molecule has 1 aliphatic carbocycles. The molecule has 148 valence electrons. The van der Waals surface area contributed by atoms with E-state index in [1.165, 1.54) is 55.7 Å². The third kappa shape index (κ3) is 4.13. The van der Waals surface area contributed by atoms with Crippen LogP contribution in [0.1, 0.15) is 73.1 Å². The molecule has 2 aromatic rings. The molecule has 0 unspecified atom stereocenters. The number of hydrogen-bond donors (Lipinski definition) is 0. The zero-order chi connectivity index (χ0) is 20.3. The van der Waals surface area contributed by atoms with Gasteiger partial charge in [-0.1, -0.05) is 57.2 Å². The van der Waals surface area contributed by atoms with Crippen molar-refractivity contribution < 1.29 is 0 Å². The summed E-state index contributed by atoms with van der Waals surface area (Å²) in [5.41, 5.74) is 14.4. The van der Waals surface area contributed by atoms with Gasteiger partial charge in [0.1, 0.15) is 0 Å². The molecule has 0 N–H and O–H groups in total. The topological polar surface area (TPSA) is 0 Å². The van der Waals surface area contributed by atoms with E-state index in [0.717, 1.165) is 32.1 Å². The minimum absolute atomic E-state index is 0.675. The second kappa shape index (κ2) is 9.14. The van der Waals surface area contributed by atoms with Gasteiger partial charge in [-0.15, -0.1) is 11.6 Å². The van der Waals surface area contributed by atoms with Crippen LogP contribution in [0.4, 0.5) is 0 Å². The van der Waals surface area contributed by atoms with Gasteiger partial charge in [-0.25, -0.2) is 0 Å². The SMILES string of the molecule is CCc1ccc(/C=C(\C)C2=C(CCCl)c3c(CC)cc(CC)cc3C2)c(C)c1. The molecule has 0 nitrogen and oxygen atoms in total. The van der Waals surface area contributed by atoms with E-state index >= 15 is 0 Å². The Bertz CT molecular complexity index is 928. The van der Waals surface area contributed by atoms with Crippen LogP contribution in [-0.4, -0.2) is 5.88 Å². The Balaban J connectivity index is 2.07. The number of benzene rings is 2. The highest BCUT2D eigenvalue weighted by atomic mass is 35.5. The molecular weight excluding hydrogens is 360 g/mol. The van der Waals surface area contributed by atoms with Crippen molar-refractivity contribution in [1.82, 2.24) is 0 Å². The Morgan fingerprint density at radius 1 is 1.00 bits per heavy atom. The largest absolute Gasteiger partial charge is 0.126 e. The van der Waals surface area contributed by atoms with Crippen molar-refractivity contribution >= 4 is 23.3 Å². The first kappa shape index (κ1) is 20.9. The summed E-state index contributed by atoms with van der Waals surface area (Å²) in [5, 5.41) is 0. The molecule has 0 fully saturated rings. The van der Waals surface area contributed by atoms with Crippen LogP contribution in [0.5, 0.6) is 0 Å². The van der Waals surface area contributed by atoms with Gasteiger partial charge >= 0.3 is 0 Å². The van der Waals surface area contributed by atoms with Crippen LogP contribution < -0.4 is 0 Å². The second-order valence-corrected chi connectivity index (χ2v) is 8.32. The van der Waals surface area contributed by atoms with Crippen molar-refractivity contribution in [3.8, 4) is 0 Å². The standard InChI is InChI=1S/C27H33Cl/c1-6-20-9-10-23(18(4)13-20)14-19(5)26-17-24-16-21(7-2)15-22(8-3)27(24)25(26)11-12-28/h9-10,13-16H,6-8,11-12,17H2,1-5H3/b19-14+. The first-order chi connectivity index (χ1) is 13.5. The predicted molar refractivity (Wildman–Crippen MR) is 125 cm³/mol. The van der Waals surface area contributed by atoms with Crippen molar-refractivity contribution in [3.63, 3.8) is 0 Å². The molecule has 0 spiro atoms. The van der Waals surface area contributed by atoms with Crippen LogP contribution >= 0.6 is 11.6 Å². The van der Waals surface area contributed by atoms with Crippen molar-refractivity contribution in [1.29, 1.82) is 0 Å². The Morgan fingerprint density at radius 3 is 2.36 bits per heavy atom. The van der Waals surface area contributed by atoms with Gasteiger partial charge in [-0.05, 0) is 102 Å². The number of fused-ring (bicyclic) bond motifs is 1. The summed E-state index contributed by atoms with van der Waals surface area (Å²) in [6.07, 6.45) is 7.62. The normalized spacial score (nSPS) is 14.0. The Morgan fingerprint density at radius 2 is 1.75 bits per heavy atom. The summed E-state index contributed by atoms with van der Waals surface area (Å²) < 4.78 is 0. The fraction of sp³-hybridized carbons (Fsp3) is 0.407. The molecule has 1 aliphatic rings. The summed E-state index contributed by atoms with van der Waals surface area (Å²) in [4.78, 5) is 0. The predicted octanol–water partition coefficient (Wildman–Crippen LogP) is 7.72. The lowest BCUT2D eigenvalue weighted by atomic mass is 9.92. The summed E-state index contributed by atoms with van der Waals surface area (Å²) in [5.74, 6) is 0.675. The van der Waals surface area contributed by atoms with Gasteiger partial charge in [-0.3, -0.25) is 0 Å². The molecule has 1 heteroatoms. The maximum Gasteiger partial charge on any atom is 0.0264 e. The van der Waals surface area contributed by atoms with Crippen LogP contribution in [0.2, 0.25) is 0 Å². The van der Waals surface area contributed by atoms with E-state index in [1.807, 2.05) is 0 Å². The van der Waals surface area contributed by atoms with Gasteiger partial charge in [-0.2, -0.15) is 0 Å². The average Bonchev–Trinajstić information content (AvgIpc) is 3.07. The number of alkyl halides is 1. The van der Waals surface area contributed by atoms with Crippen molar-refractivity contribution in [3.05, 3.63) is 80.4 Å². The molecule has 0 atom stereocenters. The minimum atomic E-state index is 0.675. The lowest BCUT2D eigenvalue weighted by Gasteiger charge is -2.13. The van der Waals surface area contributed by atoms with Crippen molar-refractivity contribution in [2.45, 2.75) is 66.7 Å². The van der Waals surface area contributed by atoms with Crippen LogP contribution in [-0.2, 0) is 25.7 Å². The van der Waals surface area contributed by atoms with Crippen LogP contribution in [0, 0.1) is 6.92 Å². The first-order valence-electron chi connectivity index (χ1n) is 10.7. The van der Waals surface area contributed by atoms with Crippen molar-refractivity contribution in [2.75, 3.05) is 5.88 Å². The first-order valence-corrected chi connectivity index (χ1v) is 11.3. The van der Waals surface area contributed by atoms with E-state index in [0.29, 0.717) is 5.88 Å². The van der Waals surface area contributed by atoms with E-state index in [-0.39, 0.29) is 0 Å². The molecule has 28 heavy (non-hydrogen) atoms. The lowest BCUT2D eigenvalue weighted by molar-refractivity contribution is 1.06. The molecule has 0 aliphatic heterocycles. The number of hydrogen-bond acceptors (Lipinski definition) is 0. The van der Waals surface area contributed by atoms with E-state index in [4.69, 9.17) is 11.6 Å². The van der Waals surface area contributed by atoms with Crippen LogP contribution in [0.25, 0.3) is 11.6 Å². The molecule has 0 bridgehead atoms. The molecule has 0 aromatic heterocycles. The van der Waals surface area contributed by atoms with Crippen LogP contribution in [0.15, 0.2) is 41.5 Å². The van der Waals surface area contributed by atoms with Gasteiger partial charge in [0.25, 0.3) is 0 Å². The van der Waals surface area contributed by atoms with E-state index in [1.54, 1.807) is 0 Å². The number of allylic oxidation sites excluding steroid dienone is 3. The van der Waals surface area contributed by atoms with E-state index in [2.05, 4.69) is 71.0 Å². The Hall–Kier alpha value is -1.79. The fourth-order valence-electron chi connectivity index (χ4n) is 4.49. The molecule has 2 aromatic carbocycles. The summed E-state index contributed by atoms with van der Waals surface area (Å²) in [7, 11) is 0. The van der Waals surface area contributed by atoms with Gasteiger partial charge in [0, 0.05) is 5.88 Å². The molecule has 0 saturated carbocycles. The molecule has 0 heterocycles. The maximum atomic E-state index is 6.24. The summed E-state index contributed by atoms with van der Waals surface area (Å²) in [6.45, 7) is 11.2. The number of rotatable bonds is 7. The highest BCUT2D eigenvalue weighted by molar-refractivity contribution is 6.18. The molecule has 3 rings (SSSR count). The second-order valence-electron chi connectivity index (χ2n) is 7.94. The van der Waals surface area contributed by atoms with E-state index in [9.17, 15) is 0 Å². The zero-order valence-electron chi connectivity index (χ0n) is 18.1. The van der Waals surface area contributed by atoms with Gasteiger partial charge in [0.15, 0.2) is 0 Å². The summed E-state index contributed by atoms with van der Waals surface area (Å²) >= 11 is 6.24. The van der Waals surface area contributed by atoms with Gasteiger partial charge in [0.05, 0.1) is 0 Å². The quantitative estimate of drug-likeness (QED) is 0.423.